The second-order valence-electron chi connectivity index (χ2n) is 4.91. The van der Waals surface area contributed by atoms with Gasteiger partial charge in [-0.05, 0) is 48.4 Å². The smallest absolute Gasteiger partial charge is 0.123 e. The molecule has 0 saturated carbocycles. The number of rotatable bonds is 4. The summed E-state index contributed by atoms with van der Waals surface area (Å²) >= 11 is 3.38. The zero-order chi connectivity index (χ0) is 14.8. The van der Waals surface area contributed by atoms with Crippen LogP contribution in [0, 0.1) is 5.82 Å². The van der Waals surface area contributed by atoms with Gasteiger partial charge in [0.25, 0.3) is 0 Å². The normalized spacial score (nSPS) is 13.8. The van der Waals surface area contributed by atoms with Crippen LogP contribution in [0.5, 0.6) is 5.75 Å². The van der Waals surface area contributed by atoms with Gasteiger partial charge >= 0.3 is 0 Å². The largest absolute Gasteiger partial charge is 0.497 e. The molecule has 0 radical (unpaired) electrons. The van der Waals surface area contributed by atoms with Gasteiger partial charge in [0, 0.05) is 10.9 Å². The van der Waals surface area contributed by atoms with Crippen molar-refractivity contribution in [3.05, 3.63) is 63.9 Å². The molecule has 2 aromatic rings. The second kappa shape index (κ2) is 5.94. The van der Waals surface area contributed by atoms with Gasteiger partial charge in [-0.15, -0.1) is 0 Å². The third-order valence-corrected chi connectivity index (χ3v) is 4.03. The van der Waals surface area contributed by atoms with Gasteiger partial charge in [0.1, 0.15) is 11.6 Å². The molecule has 2 aromatic carbocycles. The molecule has 0 aliphatic carbocycles. The molecule has 0 bridgehead atoms. The van der Waals surface area contributed by atoms with Crippen LogP contribution in [0.1, 0.15) is 18.1 Å². The summed E-state index contributed by atoms with van der Waals surface area (Å²) in [6.45, 7) is 1.71. The SMILES string of the molecule is COc1ccc(C(C)(O)Cc2cc(F)ccc2Br)cc1. The molecule has 2 nitrogen and oxygen atoms in total. The summed E-state index contributed by atoms with van der Waals surface area (Å²) in [6.07, 6.45) is 0.317. The molecule has 0 amide bonds. The van der Waals surface area contributed by atoms with Gasteiger partial charge in [-0.3, -0.25) is 0 Å². The van der Waals surface area contributed by atoms with Crippen LogP contribution in [-0.4, -0.2) is 12.2 Å². The summed E-state index contributed by atoms with van der Waals surface area (Å²) in [5.74, 6) is 0.421. The summed E-state index contributed by atoms with van der Waals surface area (Å²) in [4.78, 5) is 0. The molecule has 2 rings (SSSR count). The van der Waals surface area contributed by atoms with E-state index in [4.69, 9.17) is 4.74 Å². The van der Waals surface area contributed by atoms with Crippen LogP contribution >= 0.6 is 15.9 Å². The minimum Gasteiger partial charge on any atom is -0.497 e. The predicted molar refractivity (Wildman–Crippen MR) is 80.4 cm³/mol. The van der Waals surface area contributed by atoms with Gasteiger partial charge in [-0.1, -0.05) is 28.1 Å². The number of benzene rings is 2. The molecular weight excluding hydrogens is 323 g/mol. The lowest BCUT2D eigenvalue weighted by Gasteiger charge is -2.25. The van der Waals surface area contributed by atoms with Gasteiger partial charge in [0.2, 0.25) is 0 Å². The van der Waals surface area contributed by atoms with E-state index in [9.17, 15) is 9.50 Å². The van der Waals surface area contributed by atoms with Crippen molar-refractivity contribution in [1.29, 1.82) is 0 Å². The lowest BCUT2D eigenvalue weighted by molar-refractivity contribution is 0.0573. The molecule has 1 atom stereocenters. The quantitative estimate of drug-likeness (QED) is 0.911. The average molecular weight is 339 g/mol. The summed E-state index contributed by atoms with van der Waals surface area (Å²) in [6, 6.07) is 11.7. The third-order valence-electron chi connectivity index (χ3n) is 3.25. The maximum absolute atomic E-state index is 13.3. The van der Waals surface area contributed by atoms with E-state index in [0.29, 0.717) is 6.42 Å². The van der Waals surface area contributed by atoms with E-state index in [2.05, 4.69) is 15.9 Å². The van der Waals surface area contributed by atoms with Crippen molar-refractivity contribution in [2.45, 2.75) is 18.9 Å². The second-order valence-corrected chi connectivity index (χ2v) is 5.77. The fraction of sp³-hybridized carbons (Fsp3) is 0.250. The topological polar surface area (TPSA) is 29.5 Å². The number of hydrogen-bond acceptors (Lipinski definition) is 2. The maximum atomic E-state index is 13.3. The first-order valence-electron chi connectivity index (χ1n) is 6.23. The Morgan fingerprint density at radius 1 is 1.20 bits per heavy atom. The first-order chi connectivity index (χ1) is 9.42. The minimum atomic E-state index is -1.08. The van der Waals surface area contributed by atoms with Gasteiger partial charge in [0.05, 0.1) is 12.7 Å². The minimum absolute atomic E-state index is 0.311. The lowest BCUT2D eigenvalue weighted by Crippen LogP contribution is -2.24. The number of ether oxygens (including phenoxy) is 1. The van der Waals surface area contributed by atoms with Crippen LogP contribution in [0.25, 0.3) is 0 Å². The van der Waals surface area contributed by atoms with Crippen LogP contribution in [0.3, 0.4) is 0 Å². The summed E-state index contributed by atoms with van der Waals surface area (Å²) in [7, 11) is 1.59. The fourth-order valence-electron chi connectivity index (χ4n) is 2.10. The number of halogens is 2. The van der Waals surface area contributed by atoms with E-state index < -0.39 is 5.60 Å². The summed E-state index contributed by atoms with van der Waals surface area (Å²) in [5.41, 5.74) is 0.406. The zero-order valence-corrected chi connectivity index (χ0v) is 12.9. The highest BCUT2D eigenvalue weighted by Gasteiger charge is 2.24. The van der Waals surface area contributed by atoms with Gasteiger partial charge in [0.15, 0.2) is 0 Å². The van der Waals surface area contributed by atoms with Gasteiger partial charge < -0.3 is 9.84 Å². The fourth-order valence-corrected chi connectivity index (χ4v) is 2.49. The highest BCUT2D eigenvalue weighted by molar-refractivity contribution is 9.10. The van der Waals surface area contributed by atoms with Crippen LogP contribution in [0.15, 0.2) is 46.9 Å². The molecule has 0 aliphatic heterocycles. The maximum Gasteiger partial charge on any atom is 0.123 e. The van der Waals surface area contributed by atoms with Crippen molar-refractivity contribution in [3.8, 4) is 5.75 Å². The highest BCUT2D eigenvalue weighted by Crippen LogP contribution is 2.30. The summed E-state index contributed by atoms with van der Waals surface area (Å²) < 4.78 is 19.2. The molecule has 1 N–H and O–H groups in total. The standard InChI is InChI=1S/C16H16BrFO2/c1-16(19,12-3-6-14(20-2)7-4-12)10-11-9-13(18)5-8-15(11)17/h3-9,19H,10H2,1-2H3. The van der Waals surface area contributed by atoms with E-state index in [-0.39, 0.29) is 5.82 Å². The summed E-state index contributed by atoms with van der Waals surface area (Å²) in [5, 5.41) is 10.6. The highest BCUT2D eigenvalue weighted by atomic mass is 79.9. The Hall–Kier alpha value is -1.39. The Morgan fingerprint density at radius 3 is 2.45 bits per heavy atom. The Bertz CT molecular complexity index is 594. The average Bonchev–Trinajstić information content (AvgIpc) is 2.43. The Morgan fingerprint density at radius 2 is 1.85 bits per heavy atom. The molecule has 0 fully saturated rings. The number of methoxy groups -OCH3 is 1. The molecule has 106 valence electrons. The molecule has 20 heavy (non-hydrogen) atoms. The van der Waals surface area contributed by atoms with E-state index >= 15 is 0 Å². The zero-order valence-electron chi connectivity index (χ0n) is 11.4. The third kappa shape index (κ3) is 3.38. The van der Waals surface area contributed by atoms with Crippen molar-refractivity contribution >= 4 is 15.9 Å². The van der Waals surface area contributed by atoms with Gasteiger partial charge in [-0.2, -0.15) is 0 Å². The lowest BCUT2D eigenvalue weighted by atomic mass is 9.89. The van der Waals surface area contributed by atoms with Crippen LogP contribution < -0.4 is 4.74 Å². The predicted octanol–water partition coefficient (Wildman–Crippen LogP) is 4.05. The first-order valence-corrected chi connectivity index (χ1v) is 7.02. The monoisotopic (exact) mass is 338 g/mol. The van der Waals surface area contributed by atoms with E-state index in [1.54, 1.807) is 32.2 Å². The number of aliphatic hydroxyl groups is 1. The van der Waals surface area contributed by atoms with Gasteiger partial charge in [-0.25, -0.2) is 4.39 Å². The van der Waals surface area contributed by atoms with Crippen LogP contribution in [0.4, 0.5) is 4.39 Å². The molecule has 0 heterocycles. The van der Waals surface area contributed by atoms with Crippen molar-refractivity contribution in [2.24, 2.45) is 0 Å². The Kier molecular flexibility index (Phi) is 4.45. The molecule has 0 aliphatic rings. The first kappa shape index (κ1) is 15.0. The molecule has 0 saturated heterocycles. The van der Waals surface area contributed by atoms with Crippen molar-refractivity contribution in [3.63, 3.8) is 0 Å². The van der Waals surface area contributed by atoms with E-state index in [0.717, 1.165) is 21.3 Å². The Labute approximate surface area is 126 Å². The van der Waals surface area contributed by atoms with Crippen molar-refractivity contribution in [1.82, 2.24) is 0 Å². The molecule has 0 aromatic heterocycles. The van der Waals surface area contributed by atoms with Crippen molar-refractivity contribution in [2.75, 3.05) is 7.11 Å². The van der Waals surface area contributed by atoms with Crippen LogP contribution in [-0.2, 0) is 12.0 Å². The molecule has 1 unspecified atom stereocenters. The van der Waals surface area contributed by atoms with Crippen molar-refractivity contribution < 1.29 is 14.2 Å². The van der Waals surface area contributed by atoms with E-state index in [1.807, 2.05) is 12.1 Å². The molecule has 0 spiro atoms. The molecular formula is C16H16BrFO2. The molecule has 4 heteroatoms. The van der Waals surface area contributed by atoms with Crippen LogP contribution in [0.2, 0.25) is 0 Å². The van der Waals surface area contributed by atoms with E-state index in [1.165, 1.54) is 12.1 Å². The Balaban J connectivity index is 2.27. The number of hydrogen-bond donors (Lipinski definition) is 1.